The molecule has 2 heterocycles. The second-order valence-corrected chi connectivity index (χ2v) is 6.13. The average molecular weight is 277 g/mol. The van der Waals surface area contributed by atoms with Gasteiger partial charge in [-0.15, -0.1) is 0 Å². The predicted octanol–water partition coefficient (Wildman–Crippen LogP) is 2.37. The van der Waals surface area contributed by atoms with Crippen LogP contribution in [0.2, 0.25) is 0 Å². The van der Waals surface area contributed by atoms with E-state index in [-0.39, 0.29) is 5.60 Å². The molecule has 0 bridgehead atoms. The number of anilines is 1. The van der Waals surface area contributed by atoms with E-state index in [0.717, 1.165) is 44.9 Å². The maximum Gasteiger partial charge on any atom is 0.129 e. The van der Waals surface area contributed by atoms with Crippen LogP contribution in [0.15, 0.2) is 12.1 Å². The van der Waals surface area contributed by atoms with Crippen molar-refractivity contribution in [3.63, 3.8) is 0 Å². The lowest BCUT2D eigenvalue weighted by atomic mass is 10.1. The number of aryl methyl sites for hydroxylation is 1. The first-order chi connectivity index (χ1) is 9.54. The summed E-state index contributed by atoms with van der Waals surface area (Å²) in [6.07, 6.45) is 2.17. The highest BCUT2D eigenvalue weighted by molar-refractivity contribution is 5.43. The molecule has 0 aromatic carbocycles. The molecular formula is C16H27N3O. The molecule has 1 N–H and O–H groups in total. The molecule has 0 amide bonds. The van der Waals surface area contributed by atoms with Gasteiger partial charge in [0.25, 0.3) is 0 Å². The van der Waals surface area contributed by atoms with Crippen molar-refractivity contribution in [2.75, 3.05) is 31.6 Å². The molecule has 20 heavy (non-hydrogen) atoms. The van der Waals surface area contributed by atoms with Gasteiger partial charge < -0.3 is 15.0 Å². The minimum Gasteiger partial charge on any atom is -0.372 e. The summed E-state index contributed by atoms with van der Waals surface area (Å²) in [6, 6.07) is 4.42. The first-order valence-electron chi connectivity index (χ1n) is 7.57. The molecule has 0 radical (unpaired) electrons. The molecular weight excluding hydrogens is 250 g/mol. The van der Waals surface area contributed by atoms with E-state index >= 15 is 0 Å². The van der Waals surface area contributed by atoms with Gasteiger partial charge in [-0.1, -0.05) is 13.3 Å². The third kappa shape index (κ3) is 3.93. The number of nitrogens with one attached hydrogen (secondary N) is 1. The molecule has 1 aliphatic heterocycles. The number of ether oxygens (including phenoxy) is 1. The van der Waals surface area contributed by atoms with E-state index < -0.39 is 0 Å². The molecule has 1 fully saturated rings. The molecule has 1 saturated heterocycles. The van der Waals surface area contributed by atoms with Crippen LogP contribution in [0.5, 0.6) is 0 Å². The normalized spacial score (nSPS) is 18.3. The highest BCUT2D eigenvalue weighted by atomic mass is 16.5. The fourth-order valence-corrected chi connectivity index (χ4v) is 2.70. The summed E-state index contributed by atoms with van der Waals surface area (Å²) < 4.78 is 5.79. The van der Waals surface area contributed by atoms with Crippen molar-refractivity contribution in [2.24, 2.45) is 0 Å². The Morgan fingerprint density at radius 3 is 2.85 bits per heavy atom. The quantitative estimate of drug-likeness (QED) is 0.896. The molecule has 0 unspecified atom stereocenters. The third-order valence-electron chi connectivity index (χ3n) is 3.56. The Labute approximate surface area is 122 Å². The Hall–Kier alpha value is -1.13. The van der Waals surface area contributed by atoms with Crippen molar-refractivity contribution in [3.05, 3.63) is 23.4 Å². The van der Waals surface area contributed by atoms with Crippen molar-refractivity contribution < 1.29 is 4.74 Å². The molecule has 112 valence electrons. The first-order valence-corrected chi connectivity index (χ1v) is 7.57. The first kappa shape index (κ1) is 15.3. The number of morpholine rings is 1. The summed E-state index contributed by atoms with van der Waals surface area (Å²) in [6.45, 7) is 9.96. The summed E-state index contributed by atoms with van der Waals surface area (Å²) in [5, 5.41) is 3.23. The topological polar surface area (TPSA) is 37.4 Å². The van der Waals surface area contributed by atoms with Gasteiger partial charge >= 0.3 is 0 Å². The Morgan fingerprint density at radius 2 is 2.20 bits per heavy atom. The van der Waals surface area contributed by atoms with E-state index in [1.807, 2.05) is 7.05 Å². The largest absolute Gasteiger partial charge is 0.372 e. The Bertz CT molecular complexity index is 421. The van der Waals surface area contributed by atoms with Crippen LogP contribution in [-0.2, 0) is 17.7 Å². The molecule has 4 heteroatoms. The number of nitrogens with zero attached hydrogens (tertiary/aromatic N) is 2. The molecule has 2 rings (SSSR count). The van der Waals surface area contributed by atoms with Crippen LogP contribution in [0, 0.1) is 0 Å². The SMILES string of the molecule is CCCc1cc(CNC)cc(N2CCOC(C)(C)C2)n1. The van der Waals surface area contributed by atoms with Gasteiger partial charge in [0.1, 0.15) is 5.82 Å². The zero-order valence-electron chi connectivity index (χ0n) is 13.2. The van der Waals surface area contributed by atoms with Gasteiger partial charge in [0, 0.05) is 25.3 Å². The minimum absolute atomic E-state index is 0.0934. The standard InChI is InChI=1S/C16H27N3O/c1-5-6-14-9-13(11-17-4)10-15(18-14)19-7-8-20-16(2,3)12-19/h9-10,17H,5-8,11-12H2,1-4H3. The van der Waals surface area contributed by atoms with E-state index in [1.165, 1.54) is 11.3 Å². The molecule has 0 atom stereocenters. The number of rotatable bonds is 5. The molecule has 1 aromatic heterocycles. The Morgan fingerprint density at radius 1 is 1.40 bits per heavy atom. The van der Waals surface area contributed by atoms with Crippen LogP contribution in [0.4, 0.5) is 5.82 Å². The van der Waals surface area contributed by atoms with Crippen LogP contribution in [-0.4, -0.2) is 37.3 Å². The van der Waals surface area contributed by atoms with Crippen LogP contribution >= 0.6 is 0 Å². The monoisotopic (exact) mass is 277 g/mol. The van der Waals surface area contributed by atoms with Gasteiger partial charge in [-0.25, -0.2) is 4.98 Å². The van der Waals surface area contributed by atoms with Crippen LogP contribution < -0.4 is 10.2 Å². The Kier molecular flexibility index (Phi) is 5.00. The van der Waals surface area contributed by atoms with Crippen molar-refractivity contribution >= 4 is 5.82 Å². The maximum absolute atomic E-state index is 5.79. The van der Waals surface area contributed by atoms with Crippen molar-refractivity contribution in [1.29, 1.82) is 0 Å². The number of pyridine rings is 1. The molecule has 0 spiro atoms. The predicted molar refractivity (Wildman–Crippen MR) is 83.2 cm³/mol. The van der Waals surface area contributed by atoms with Gasteiger partial charge in [0.15, 0.2) is 0 Å². The van der Waals surface area contributed by atoms with Gasteiger partial charge in [-0.05, 0) is 45.0 Å². The van der Waals surface area contributed by atoms with Gasteiger partial charge in [0.2, 0.25) is 0 Å². The second kappa shape index (κ2) is 6.55. The van der Waals surface area contributed by atoms with Crippen molar-refractivity contribution in [2.45, 2.75) is 45.8 Å². The summed E-state index contributed by atoms with van der Waals surface area (Å²) in [7, 11) is 1.98. The summed E-state index contributed by atoms with van der Waals surface area (Å²) in [4.78, 5) is 7.19. The van der Waals surface area contributed by atoms with Gasteiger partial charge in [0.05, 0.1) is 12.2 Å². The van der Waals surface area contributed by atoms with Crippen molar-refractivity contribution in [3.8, 4) is 0 Å². The molecule has 4 nitrogen and oxygen atoms in total. The third-order valence-corrected chi connectivity index (χ3v) is 3.56. The minimum atomic E-state index is -0.0934. The van der Waals surface area contributed by atoms with E-state index in [1.54, 1.807) is 0 Å². The smallest absolute Gasteiger partial charge is 0.129 e. The fourth-order valence-electron chi connectivity index (χ4n) is 2.70. The maximum atomic E-state index is 5.79. The summed E-state index contributed by atoms with van der Waals surface area (Å²) >= 11 is 0. The van der Waals surface area contributed by atoms with E-state index in [2.05, 4.69) is 43.1 Å². The molecule has 0 aliphatic carbocycles. The highest BCUT2D eigenvalue weighted by Crippen LogP contribution is 2.23. The highest BCUT2D eigenvalue weighted by Gasteiger charge is 2.28. The van der Waals surface area contributed by atoms with Gasteiger partial charge in [-0.2, -0.15) is 0 Å². The lowest BCUT2D eigenvalue weighted by Gasteiger charge is -2.39. The van der Waals surface area contributed by atoms with Gasteiger partial charge in [-0.3, -0.25) is 0 Å². The number of hydrogen-bond acceptors (Lipinski definition) is 4. The summed E-state index contributed by atoms with van der Waals surface area (Å²) in [5.74, 6) is 1.09. The molecule has 1 aromatic rings. The molecule has 1 aliphatic rings. The van der Waals surface area contributed by atoms with E-state index in [4.69, 9.17) is 9.72 Å². The molecule has 0 saturated carbocycles. The van der Waals surface area contributed by atoms with Crippen LogP contribution in [0.1, 0.15) is 38.4 Å². The van der Waals surface area contributed by atoms with Crippen LogP contribution in [0.25, 0.3) is 0 Å². The zero-order valence-corrected chi connectivity index (χ0v) is 13.2. The Balaban J connectivity index is 2.24. The number of aromatic nitrogens is 1. The number of hydrogen-bond donors (Lipinski definition) is 1. The zero-order chi connectivity index (χ0) is 14.6. The second-order valence-electron chi connectivity index (χ2n) is 6.13. The summed E-state index contributed by atoms with van der Waals surface area (Å²) in [5.41, 5.74) is 2.41. The lowest BCUT2D eigenvalue weighted by Crippen LogP contribution is -2.48. The van der Waals surface area contributed by atoms with E-state index in [0.29, 0.717) is 0 Å². The van der Waals surface area contributed by atoms with Crippen molar-refractivity contribution in [1.82, 2.24) is 10.3 Å². The van der Waals surface area contributed by atoms with E-state index in [9.17, 15) is 0 Å². The van der Waals surface area contributed by atoms with Crippen LogP contribution in [0.3, 0.4) is 0 Å². The lowest BCUT2D eigenvalue weighted by molar-refractivity contribution is -0.0279. The average Bonchev–Trinajstić information content (AvgIpc) is 2.38. The fraction of sp³-hybridized carbons (Fsp3) is 0.688.